The molecule has 0 unspecified atom stereocenters. The summed E-state index contributed by atoms with van der Waals surface area (Å²) in [6.45, 7) is 0.818. The first-order chi connectivity index (χ1) is 16.0. The number of hydrogen-bond donors (Lipinski definition) is 1. The fraction of sp³-hybridized carbons (Fsp3) is 0.182. The Kier molecular flexibility index (Phi) is 7.08. The maximum atomic E-state index is 12.4. The van der Waals surface area contributed by atoms with E-state index in [9.17, 15) is 13.2 Å². The first kappa shape index (κ1) is 22.6. The first-order valence-corrected chi connectivity index (χ1v) is 10.8. The molecule has 3 heterocycles. The summed E-state index contributed by atoms with van der Waals surface area (Å²) < 4.78 is 47.2. The Hall–Kier alpha value is -3.60. The van der Waals surface area contributed by atoms with Gasteiger partial charge in [0.15, 0.2) is 5.82 Å². The molecule has 2 aromatic heterocycles. The van der Waals surface area contributed by atoms with Crippen molar-refractivity contribution in [2.24, 2.45) is 0 Å². The van der Waals surface area contributed by atoms with Gasteiger partial charge in [0, 0.05) is 11.1 Å². The number of aryl methyl sites for hydroxylation is 1. The molecule has 0 bridgehead atoms. The zero-order chi connectivity index (χ0) is 23.1. The van der Waals surface area contributed by atoms with E-state index in [4.69, 9.17) is 4.74 Å². The standard InChI is InChI=1S/C13H13N3OS.C9H6F3N3/c1-4-13(15-14-7-1)16-18-11-6-5-10-3-2-8-17-12(10)9-11;10-9(11,12)7-2-1-3-8(6-7)15-5-4-13-14-15/h1,4-7,9H,2-3,8H2,(H,15,16);1-6H. The highest BCUT2D eigenvalue weighted by Crippen LogP contribution is 2.31. The van der Waals surface area contributed by atoms with E-state index in [1.807, 2.05) is 12.1 Å². The van der Waals surface area contributed by atoms with Crippen molar-refractivity contribution in [2.45, 2.75) is 23.9 Å². The summed E-state index contributed by atoms with van der Waals surface area (Å²) in [6, 6.07) is 14.9. The molecule has 0 amide bonds. The first-order valence-electron chi connectivity index (χ1n) is 9.99. The van der Waals surface area contributed by atoms with Crippen molar-refractivity contribution in [3.05, 3.63) is 84.3 Å². The lowest BCUT2D eigenvalue weighted by molar-refractivity contribution is -0.137. The van der Waals surface area contributed by atoms with Crippen LogP contribution in [0.25, 0.3) is 5.69 Å². The Morgan fingerprint density at radius 3 is 2.67 bits per heavy atom. The van der Waals surface area contributed by atoms with E-state index in [0.717, 1.165) is 48.0 Å². The summed E-state index contributed by atoms with van der Waals surface area (Å²) in [6.07, 6.45) is 2.42. The van der Waals surface area contributed by atoms with Crippen LogP contribution in [0.2, 0.25) is 0 Å². The molecule has 0 radical (unpaired) electrons. The quantitative estimate of drug-likeness (QED) is 0.409. The number of ether oxygens (including phenoxy) is 1. The lowest BCUT2D eigenvalue weighted by atomic mass is 10.1. The van der Waals surface area contributed by atoms with Gasteiger partial charge in [0.25, 0.3) is 0 Å². The Balaban J connectivity index is 0.000000160. The molecule has 7 nitrogen and oxygen atoms in total. The number of rotatable bonds is 4. The molecule has 1 aliphatic rings. The number of nitrogens with one attached hydrogen (secondary N) is 1. The average Bonchev–Trinajstić information content (AvgIpc) is 3.38. The van der Waals surface area contributed by atoms with Gasteiger partial charge in [0.1, 0.15) is 5.75 Å². The van der Waals surface area contributed by atoms with Gasteiger partial charge in [-0.25, -0.2) is 4.68 Å². The average molecular weight is 472 g/mol. The fourth-order valence-electron chi connectivity index (χ4n) is 3.02. The van der Waals surface area contributed by atoms with Gasteiger partial charge in [-0.3, -0.25) is 0 Å². The third-order valence-corrected chi connectivity index (χ3v) is 5.39. The van der Waals surface area contributed by atoms with Crippen molar-refractivity contribution in [3.8, 4) is 11.4 Å². The summed E-state index contributed by atoms with van der Waals surface area (Å²) in [5.74, 6) is 1.76. The van der Waals surface area contributed by atoms with Crippen LogP contribution in [0.15, 0.2) is 78.1 Å². The number of fused-ring (bicyclic) bond motifs is 1. The van der Waals surface area contributed by atoms with Crippen LogP contribution in [0.4, 0.5) is 19.0 Å². The maximum Gasteiger partial charge on any atom is 0.416 e. The van der Waals surface area contributed by atoms with Crippen LogP contribution in [0, 0.1) is 0 Å². The number of halogens is 3. The van der Waals surface area contributed by atoms with Crippen LogP contribution in [0.3, 0.4) is 0 Å². The molecule has 0 atom stereocenters. The van der Waals surface area contributed by atoms with Gasteiger partial charge in [-0.2, -0.15) is 18.3 Å². The molecule has 1 aliphatic heterocycles. The van der Waals surface area contributed by atoms with E-state index < -0.39 is 11.7 Å². The van der Waals surface area contributed by atoms with Crippen LogP contribution in [0.5, 0.6) is 5.75 Å². The Morgan fingerprint density at radius 2 is 1.91 bits per heavy atom. The van der Waals surface area contributed by atoms with E-state index in [1.165, 1.54) is 46.7 Å². The second-order valence-electron chi connectivity index (χ2n) is 6.93. The third-order valence-electron chi connectivity index (χ3n) is 4.59. The smallest absolute Gasteiger partial charge is 0.416 e. The minimum absolute atomic E-state index is 0.335. The number of nitrogens with zero attached hydrogens (tertiary/aromatic N) is 5. The van der Waals surface area contributed by atoms with Crippen molar-refractivity contribution in [1.29, 1.82) is 0 Å². The van der Waals surface area contributed by atoms with Gasteiger partial charge < -0.3 is 9.46 Å². The molecule has 1 N–H and O–H groups in total. The monoisotopic (exact) mass is 472 g/mol. The maximum absolute atomic E-state index is 12.4. The molecule has 0 saturated carbocycles. The molecular weight excluding hydrogens is 453 g/mol. The van der Waals surface area contributed by atoms with Crippen LogP contribution in [-0.2, 0) is 12.6 Å². The molecule has 170 valence electrons. The number of alkyl halides is 3. The topological polar surface area (TPSA) is 77.8 Å². The summed E-state index contributed by atoms with van der Waals surface area (Å²) in [5, 5.41) is 14.9. The van der Waals surface area contributed by atoms with Gasteiger partial charge in [-0.1, -0.05) is 17.3 Å². The predicted molar refractivity (Wildman–Crippen MR) is 118 cm³/mol. The van der Waals surface area contributed by atoms with Crippen LogP contribution < -0.4 is 9.46 Å². The lowest BCUT2D eigenvalue weighted by Crippen LogP contribution is -2.08. The van der Waals surface area contributed by atoms with E-state index in [1.54, 1.807) is 6.20 Å². The summed E-state index contributed by atoms with van der Waals surface area (Å²) in [4.78, 5) is 1.11. The zero-order valence-corrected chi connectivity index (χ0v) is 18.1. The van der Waals surface area contributed by atoms with E-state index in [-0.39, 0.29) is 0 Å². The molecule has 5 rings (SSSR count). The molecule has 33 heavy (non-hydrogen) atoms. The van der Waals surface area contributed by atoms with Crippen molar-refractivity contribution in [2.75, 3.05) is 11.3 Å². The van der Waals surface area contributed by atoms with Crippen molar-refractivity contribution in [1.82, 2.24) is 25.2 Å². The molecular formula is C22H19F3N6OS. The second kappa shape index (κ2) is 10.3. The molecule has 0 spiro atoms. The van der Waals surface area contributed by atoms with E-state index in [0.29, 0.717) is 5.69 Å². The predicted octanol–water partition coefficient (Wildman–Crippen LogP) is 5.21. The van der Waals surface area contributed by atoms with Crippen LogP contribution in [-0.4, -0.2) is 31.8 Å². The molecule has 0 fully saturated rings. The molecule has 2 aromatic carbocycles. The number of anilines is 1. The third kappa shape index (κ3) is 6.22. The van der Waals surface area contributed by atoms with Crippen molar-refractivity contribution < 1.29 is 17.9 Å². The van der Waals surface area contributed by atoms with Gasteiger partial charge >= 0.3 is 6.18 Å². The van der Waals surface area contributed by atoms with Crippen LogP contribution in [0.1, 0.15) is 17.5 Å². The van der Waals surface area contributed by atoms with Crippen molar-refractivity contribution in [3.63, 3.8) is 0 Å². The molecule has 4 aromatic rings. The Morgan fingerprint density at radius 1 is 1.00 bits per heavy atom. The second-order valence-corrected chi connectivity index (χ2v) is 7.81. The summed E-state index contributed by atoms with van der Waals surface area (Å²) >= 11 is 1.51. The molecule has 0 aliphatic carbocycles. The van der Waals surface area contributed by atoms with E-state index in [2.05, 4.69) is 43.4 Å². The van der Waals surface area contributed by atoms with Gasteiger partial charge in [0.2, 0.25) is 0 Å². The number of aromatic nitrogens is 5. The number of benzene rings is 2. The van der Waals surface area contributed by atoms with Gasteiger partial charge in [-0.05, 0) is 72.8 Å². The van der Waals surface area contributed by atoms with Gasteiger partial charge in [0.05, 0.1) is 30.3 Å². The Labute approximate surface area is 192 Å². The minimum Gasteiger partial charge on any atom is -0.493 e. The Bertz CT molecular complexity index is 1170. The van der Waals surface area contributed by atoms with E-state index >= 15 is 0 Å². The SMILES string of the molecule is FC(F)(F)c1cccc(-n2ccnn2)c1.c1cnnc(NSc2ccc3c(c2)OCCC3)c1. The minimum atomic E-state index is -4.34. The summed E-state index contributed by atoms with van der Waals surface area (Å²) in [7, 11) is 0. The highest BCUT2D eigenvalue weighted by atomic mass is 32.2. The van der Waals surface area contributed by atoms with Crippen molar-refractivity contribution >= 4 is 17.8 Å². The molecule has 0 saturated heterocycles. The normalized spacial score (nSPS) is 12.7. The largest absolute Gasteiger partial charge is 0.493 e. The molecule has 11 heteroatoms. The fourth-order valence-corrected chi connectivity index (χ4v) is 3.66. The highest BCUT2D eigenvalue weighted by molar-refractivity contribution is 8.00. The zero-order valence-electron chi connectivity index (χ0n) is 17.2. The highest BCUT2D eigenvalue weighted by Gasteiger charge is 2.30. The lowest BCUT2D eigenvalue weighted by Gasteiger charge is -2.17. The van der Waals surface area contributed by atoms with Crippen LogP contribution >= 0.6 is 11.9 Å². The number of hydrogen-bond acceptors (Lipinski definition) is 7. The summed E-state index contributed by atoms with van der Waals surface area (Å²) in [5.41, 5.74) is 0.933. The van der Waals surface area contributed by atoms with Gasteiger partial charge in [-0.15, -0.1) is 10.2 Å².